The summed E-state index contributed by atoms with van der Waals surface area (Å²) in [6.45, 7) is 4.70. The molecule has 130 valence electrons. The minimum atomic E-state index is -0.188. The van der Waals surface area contributed by atoms with Crippen molar-refractivity contribution in [3.05, 3.63) is 54.0 Å². The molecule has 0 fully saturated rings. The van der Waals surface area contributed by atoms with E-state index in [1.165, 1.54) is 0 Å². The molecule has 6 nitrogen and oxygen atoms in total. The number of hydrogen-bond acceptors (Lipinski definition) is 4. The first-order valence-corrected chi connectivity index (χ1v) is 8.96. The molecule has 0 spiro atoms. The number of carbonyl (C=O) groups excluding carboxylic acids is 1. The van der Waals surface area contributed by atoms with E-state index in [1.807, 2.05) is 34.7 Å². The number of nitrogens with one attached hydrogen (secondary N) is 2. The van der Waals surface area contributed by atoms with Crippen LogP contribution < -0.4 is 10.6 Å². The minimum Gasteiger partial charge on any atom is -0.341 e. The Balaban J connectivity index is 1.86. The van der Waals surface area contributed by atoms with Crippen LogP contribution in [0.15, 0.2) is 52.4 Å². The lowest BCUT2D eigenvalue weighted by molar-refractivity contribution is 0.242. The highest BCUT2D eigenvalue weighted by molar-refractivity contribution is 7.99. The van der Waals surface area contributed by atoms with Crippen LogP contribution in [0.25, 0.3) is 5.65 Å². The summed E-state index contributed by atoms with van der Waals surface area (Å²) >= 11 is 1.66. The van der Waals surface area contributed by atoms with Gasteiger partial charge in [-0.05, 0) is 23.8 Å². The van der Waals surface area contributed by atoms with Crippen molar-refractivity contribution in [1.82, 2.24) is 25.2 Å². The molecule has 0 saturated carbocycles. The predicted molar refractivity (Wildman–Crippen MR) is 98.9 cm³/mol. The molecule has 25 heavy (non-hydrogen) atoms. The summed E-state index contributed by atoms with van der Waals surface area (Å²) in [5.74, 6) is 1.26. The van der Waals surface area contributed by atoms with Crippen molar-refractivity contribution in [2.24, 2.45) is 0 Å². The average Bonchev–Trinajstić information content (AvgIpc) is 3.04. The molecule has 3 aromatic rings. The third-order valence-electron chi connectivity index (χ3n) is 3.78. The summed E-state index contributed by atoms with van der Waals surface area (Å²) in [6.07, 6.45) is 2.07. The molecule has 2 aromatic heterocycles. The predicted octanol–water partition coefficient (Wildman–Crippen LogP) is 3.43. The van der Waals surface area contributed by atoms with Gasteiger partial charge in [0.15, 0.2) is 5.65 Å². The van der Waals surface area contributed by atoms with Crippen LogP contribution in [-0.2, 0) is 6.54 Å². The Morgan fingerprint density at radius 1 is 1.20 bits per heavy atom. The van der Waals surface area contributed by atoms with E-state index in [2.05, 4.69) is 46.9 Å². The number of rotatable bonds is 5. The second kappa shape index (κ2) is 7.57. The number of benzene rings is 1. The fraction of sp³-hybridized carbons (Fsp3) is 0.278. The van der Waals surface area contributed by atoms with Crippen molar-refractivity contribution >= 4 is 23.4 Å². The Hall–Kier alpha value is -2.54. The van der Waals surface area contributed by atoms with Crippen molar-refractivity contribution in [2.75, 3.05) is 7.05 Å². The SMILES string of the molecule is CNC(=O)NCc1ccccc1Sc1ccc2nnc(C(C)C)n2c1. The molecule has 3 rings (SSSR count). The number of amides is 2. The molecular formula is C18H21N5OS. The molecule has 0 atom stereocenters. The molecule has 0 aliphatic carbocycles. The van der Waals surface area contributed by atoms with Gasteiger partial charge in [0, 0.05) is 35.5 Å². The molecule has 0 aliphatic heterocycles. The van der Waals surface area contributed by atoms with E-state index in [0.29, 0.717) is 12.5 Å². The molecule has 2 heterocycles. The van der Waals surface area contributed by atoms with Crippen LogP contribution in [0.3, 0.4) is 0 Å². The summed E-state index contributed by atoms with van der Waals surface area (Å²) in [5.41, 5.74) is 1.92. The van der Waals surface area contributed by atoms with E-state index in [4.69, 9.17) is 0 Å². The summed E-state index contributed by atoms with van der Waals surface area (Å²) in [6, 6.07) is 11.9. The van der Waals surface area contributed by atoms with Gasteiger partial charge in [-0.2, -0.15) is 0 Å². The van der Waals surface area contributed by atoms with Crippen LogP contribution in [-0.4, -0.2) is 27.7 Å². The number of carbonyl (C=O) groups is 1. The normalized spacial score (nSPS) is 11.0. The van der Waals surface area contributed by atoms with Crippen molar-refractivity contribution in [3.8, 4) is 0 Å². The number of aromatic nitrogens is 3. The van der Waals surface area contributed by atoms with E-state index in [0.717, 1.165) is 26.8 Å². The molecule has 2 amide bonds. The van der Waals surface area contributed by atoms with E-state index < -0.39 is 0 Å². The lowest BCUT2D eigenvalue weighted by Crippen LogP contribution is -2.32. The van der Waals surface area contributed by atoms with Crippen LogP contribution in [0.5, 0.6) is 0 Å². The van der Waals surface area contributed by atoms with Gasteiger partial charge >= 0.3 is 6.03 Å². The fourth-order valence-electron chi connectivity index (χ4n) is 2.48. The first-order chi connectivity index (χ1) is 12.1. The van der Waals surface area contributed by atoms with Crippen LogP contribution in [0.2, 0.25) is 0 Å². The first kappa shape index (κ1) is 17.3. The van der Waals surface area contributed by atoms with E-state index in [9.17, 15) is 4.79 Å². The van der Waals surface area contributed by atoms with Crippen LogP contribution in [0.4, 0.5) is 4.79 Å². The summed E-state index contributed by atoms with van der Waals surface area (Å²) in [5, 5.41) is 13.9. The summed E-state index contributed by atoms with van der Waals surface area (Å²) in [7, 11) is 1.61. The second-order valence-electron chi connectivity index (χ2n) is 5.95. The lowest BCUT2D eigenvalue weighted by atomic mass is 10.2. The van der Waals surface area contributed by atoms with E-state index in [-0.39, 0.29) is 6.03 Å². The Labute approximate surface area is 151 Å². The smallest absolute Gasteiger partial charge is 0.314 e. The summed E-state index contributed by atoms with van der Waals surface area (Å²) < 4.78 is 2.04. The molecule has 0 radical (unpaired) electrons. The van der Waals surface area contributed by atoms with Gasteiger partial charge in [-0.3, -0.25) is 4.40 Å². The van der Waals surface area contributed by atoms with Crippen molar-refractivity contribution in [1.29, 1.82) is 0 Å². The van der Waals surface area contributed by atoms with Gasteiger partial charge in [0.25, 0.3) is 0 Å². The zero-order valence-corrected chi connectivity index (χ0v) is 15.3. The lowest BCUT2D eigenvalue weighted by Gasteiger charge is -2.11. The summed E-state index contributed by atoms with van der Waals surface area (Å²) in [4.78, 5) is 13.6. The van der Waals surface area contributed by atoms with Gasteiger partial charge in [-0.1, -0.05) is 43.8 Å². The van der Waals surface area contributed by atoms with Crippen molar-refractivity contribution in [2.45, 2.75) is 36.1 Å². The maximum absolute atomic E-state index is 11.4. The zero-order chi connectivity index (χ0) is 17.8. The molecule has 1 aromatic carbocycles. The standard InChI is InChI=1S/C18H21N5OS/c1-12(2)17-22-21-16-9-8-14(11-23(16)17)25-15-7-5-4-6-13(15)10-20-18(24)19-3/h4-9,11-12H,10H2,1-3H3,(H2,19,20,24). The number of fused-ring (bicyclic) bond motifs is 1. The Bertz CT molecular complexity index is 890. The Kier molecular flexibility index (Phi) is 5.23. The molecular weight excluding hydrogens is 334 g/mol. The highest BCUT2D eigenvalue weighted by Gasteiger charge is 2.11. The third-order valence-corrected chi connectivity index (χ3v) is 4.88. The average molecular weight is 355 g/mol. The molecule has 0 unspecified atom stereocenters. The third kappa shape index (κ3) is 3.93. The van der Waals surface area contributed by atoms with Gasteiger partial charge in [0.2, 0.25) is 0 Å². The largest absolute Gasteiger partial charge is 0.341 e. The van der Waals surface area contributed by atoms with Gasteiger partial charge < -0.3 is 10.6 Å². The molecule has 0 bridgehead atoms. The maximum Gasteiger partial charge on any atom is 0.314 e. The van der Waals surface area contributed by atoms with Crippen LogP contribution in [0.1, 0.15) is 31.2 Å². The number of hydrogen-bond donors (Lipinski definition) is 2. The zero-order valence-electron chi connectivity index (χ0n) is 14.5. The Morgan fingerprint density at radius 2 is 2.00 bits per heavy atom. The van der Waals surface area contributed by atoms with E-state index in [1.54, 1.807) is 18.8 Å². The highest BCUT2D eigenvalue weighted by atomic mass is 32.2. The highest BCUT2D eigenvalue weighted by Crippen LogP contribution is 2.31. The van der Waals surface area contributed by atoms with Gasteiger partial charge in [-0.25, -0.2) is 4.79 Å². The molecule has 0 saturated heterocycles. The Morgan fingerprint density at radius 3 is 2.76 bits per heavy atom. The van der Waals surface area contributed by atoms with Gasteiger partial charge in [0.1, 0.15) is 5.82 Å². The fourth-order valence-corrected chi connectivity index (χ4v) is 3.45. The first-order valence-electron chi connectivity index (χ1n) is 8.14. The molecule has 0 aliphatic rings. The van der Waals surface area contributed by atoms with Gasteiger partial charge in [-0.15, -0.1) is 10.2 Å². The van der Waals surface area contributed by atoms with Crippen LogP contribution in [0, 0.1) is 0 Å². The monoisotopic (exact) mass is 355 g/mol. The van der Waals surface area contributed by atoms with Crippen molar-refractivity contribution in [3.63, 3.8) is 0 Å². The van der Waals surface area contributed by atoms with Crippen LogP contribution >= 0.6 is 11.8 Å². The topological polar surface area (TPSA) is 71.3 Å². The number of pyridine rings is 1. The molecule has 2 N–H and O–H groups in total. The maximum atomic E-state index is 11.4. The molecule has 7 heteroatoms. The number of nitrogens with zero attached hydrogens (tertiary/aromatic N) is 3. The minimum absolute atomic E-state index is 0.188. The van der Waals surface area contributed by atoms with Gasteiger partial charge in [0.05, 0.1) is 0 Å². The van der Waals surface area contributed by atoms with Crippen molar-refractivity contribution < 1.29 is 4.79 Å². The number of urea groups is 1. The van der Waals surface area contributed by atoms with E-state index >= 15 is 0 Å². The quantitative estimate of drug-likeness (QED) is 0.735. The second-order valence-corrected chi connectivity index (χ2v) is 7.06.